The van der Waals surface area contributed by atoms with Crippen molar-refractivity contribution >= 4 is 39.1 Å². The first-order valence-electron chi connectivity index (χ1n) is 8.93. The SMILES string of the molecule is CC(C)N1Cc2c(n(CC(=O)Nc3ccc(F)cc3)c3cc(Br)nn3c2=O)C1=O. The number of rotatable bonds is 4. The van der Waals surface area contributed by atoms with Gasteiger partial charge < -0.3 is 14.8 Å². The van der Waals surface area contributed by atoms with E-state index in [-0.39, 0.29) is 36.3 Å². The number of amides is 2. The number of halogens is 2. The van der Waals surface area contributed by atoms with Gasteiger partial charge in [0.05, 0.1) is 12.1 Å². The summed E-state index contributed by atoms with van der Waals surface area (Å²) in [4.78, 5) is 40.1. The normalized spacial score (nSPS) is 13.4. The van der Waals surface area contributed by atoms with Gasteiger partial charge in [0, 0.05) is 17.8 Å². The molecule has 150 valence electrons. The lowest BCUT2D eigenvalue weighted by Gasteiger charge is -2.20. The summed E-state index contributed by atoms with van der Waals surface area (Å²) in [6.07, 6.45) is 0. The zero-order valence-electron chi connectivity index (χ0n) is 15.6. The maximum atomic E-state index is 13.1. The van der Waals surface area contributed by atoms with E-state index in [4.69, 9.17) is 0 Å². The highest BCUT2D eigenvalue weighted by molar-refractivity contribution is 9.10. The molecule has 3 heterocycles. The molecule has 0 atom stereocenters. The summed E-state index contributed by atoms with van der Waals surface area (Å²) in [5.41, 5.74) is 0.871. The van der Waals surface area contributed by atoms with E-state index in [1.54, 1.807) is 11.0 Å². The van der Waals surface area contributed by atoms with Crippen LogP contribution in [0.15, 0.2) is 39.7 Å². The Labute approximate surface area is 173 Å². The van der Waals surface area contributed by atoms with Crippen LogP contribution in [0, 0.1) is 5.82 Å². The maximum Gasteiger partial charge on any atom is 0.280 e. The highest BCUT2D eigenvalue weighted by atomic mass is 79.9. The Kier molecular flexibility index (Phi) is 4.73. The molecule has 0 radical (unpaired) electrons. The molecule has 2 amide bonds. The third-order valence-electron chi connectivity index (χ3n) is 4.79. The molecule has 1 aliphatic rings. The van der Waals surface area contributed by atoms with Gasteiger partial charge in [-0.25, -0.2) is 4.39 Å². The van der Waals surface area contributed by atoms with Crippen molar-refractivity contribution < 1.29 is 14.0 Å². The molecule has 0 fully saturated rings. The van der Waals surface area contributed by atoms with Crippen LogP contribution in [-0.4, -0.2) is 36.9 Å². The number of carbonyl (C=O) groups excluding carboxylic acids is 2. The van der Waals surface area contributed by atoms with Crippen LogP contribution >= 0.6 is 15.9 Å². The standard InChI is InChI=1S/C19H17BrFN5O3/c1-10(2)24-8-13-17(19(24)29)25(16-7-14(20)23-26(16)18(13)28)9-15(27)22-12-5-3-11(21)4-6-12/h3-7,10H,8-9H2,1-2H3,(H,22,27). The van der Waals surface area contributed by atoms with Gasteiger partial charge in [0.25, 0.3) is 11.5 Å². The van der Waals surface area contributed by atoms with Crippen LogP contribution < -0.4 is 10.9 Å². The molecule has 10 heteroatoms. The second-order valence-electron chi connectivity index (χ2n) is 7.04. The molecule has 1 aromatic carbocycles. The fourth-order valence-corrected chi connectivity index (χ4v) is 3.77. The number of carbonyl (C=O) groups is 2. The van der Waals surface area contributed by atoms with Crippen LogP contribution in [-0.2, 0) is 17.9 Å². The Morgan fingerprint density at radius 3 is 2.62 bits per heavy atom. The average Bonchev–Trinajstić information content (AvgIpc) is 3.21. The zero-order chi connectivity index (χ0) is 20.9. The summed E-state index contributed by atoms with van der Waals surface area (Å²) in [7, 11) is 0. The average molecular weight is 462 g/mol. The fraction of sp³-hybridized carbons (Fsp3) is 0.263. The van der Waals surface area contributed by atoms with Gasteiger partial charge in [0.15, 0.2) is 0 Å². The van der Waals surface area contributed by atoms with Crippen LogP contribution in [0.3, 0.4) is 0 Å². The summed E-state index contributed by atoms with van der Waals surface area (Å²) < 4.78 is 16.2. The molecule has 2 aromatic heterocycles. The molecule has 0 bridgehead atoms. The first kappa shape index (κ1) is 19.3. The first-order valence-corrected chi connectivity index (χ1v) is 9.73. The Morgan fingerprint density at radius 1 is 1.28 bits per heavy atom. The molecule has 4 rings (SSSR count). The molecule has 1 aliphatic heterocycles. The van der Waals surface area contributed by atoms with Crippen molar-refractivity contribution in [2.45, 2.75) is 33.0 Å². The van der Waals surface area contributed by atoms with Gasteiger partial charge in [-0.05, 0) is 54.0 Å². The largest absolute Gasteiger partial charge is 0.330 e. The second kappa shape index (κ2) is 7.11. The molecule has 0 aliphatic carbocycles. The third-order valence-corrected chi connectivity index (χ3v) is 5.18. The highest BCUT2D eigenvalue weighted by Gasteiger charge is 2.36. The minimum absolute atomic E-state index is 0.102. The highest BCUT2D eigenvalue weighted by Crippen LogP contribution is 2.25. The van der Waals surface area contributed by atoms with Gasteiger partial charge in [-0.3, -0.25) is 14.4 Å². The van der Waals surface area contributed by atoms with Crippen molar-refractivity contribution in [1.82, 2.24) is 19.1 Å². The van der Waals surface area contributed by atoms with E-state index in [1.165, 1.54) is 33.3 Å². The Hall–Kier alpha value is -3.01. The summed E-state index contributed by atoms with van der Waals surface area (Å²) in [6, 6.07) is 6.85. The lowest BCUT2D eigenvalue weighted by Crippen LogP contribution is -2.32. The number of anilines is 1. The molecule has 8 nitrogen and oxygen atoms in total. The lowest BCUT2D eigenvalue weighted by atomic mass is 10.2. The molecular formula is C19H17BrFN5O3. The van der Waals surface area contributed by atoms with Crippen LogP contribution in [0.5, 0.6) is 0 Å². The van der Waals surface area contributed by atoms with Gasteiger partial charge in [-0.15, -0.1) is 0 Å². The number of benzene rings is 1. The zero-order valence-corrected chi connectivity index (χ0v) is 17.2. The smallest absolute Gasteiger partial charge is 0.280 e. The van der Waals surface area contributed by atoms with Gasteiger partial charge in [0.2, 0.25) is 5.91 Å². The quantitative estimate of drug-likeness (QED) is 0.645. The maximum absolute atomic E-state index is 13.1. The van der Waals surface area contributed by atoms with Crippen LogP contribution in [0.2, 0.25) is 0 Å². The molecule has 1 N–H and O–H groups in total. The van der Waals surface area contributed by atoms with Crippen molar-refractivity contribution in [3.63, 3.8) is 0 Å². The number of nitrogens with one attached hydrogen (secondary N) is 1. The van der Waals surface area contributed by atoms with Crippen LogP contribution in [0.4, 0.5) is 10.1 Å². The Balaban J connectivity index is 1.78. The van der Waals surface area contributed by atoms with E-state index in [9.17, 15) is 18.8 Å². The third kappa shape index (κ3) is 3.33. The van der Waals surface area contributed by atoms with Crippen molar-refractivity contribution in [1.29, 1.82) is 0 Å². The molecule has 0 saturated carbocycles. The monoisotopic (exact) mass is 461 g/mol. The number of hydrogen-bond acceptors (Lipinski definition) is 4. The molecule has 0 spiro atoms. The molecule has 0 saturated heterocycles. The summed E-state index contributed by atoms with van der Waals surface area (Å²) in [5.74, 6) is -1.13. The molecule has 3 aromatic rings. The van der Waals surface area contributed by atoms with E-state index in [2.05, 4.69) is 26.3 Å². The number of hydrogen-bond donors (Lipinski definition) is 1. The van der Waals surface area contributed by atoms with Crippen molar-refractivity contribution in [2.75, 3.05) is 5.32 Å². The lowest BCUT2D eigenvalue weighted by molar-refractivity contribution is -0.116. The fourth-order valence-electron chi connectivity index (χ4n) is 3.41. The van der Waals surface area contributed by atoms with Crippen molar-refractivity contribution in [3.05, 3.63) is 62.4 Å². The number of fused-ring (bicyclic) bond motifs is 2. The van der Waals surface area contributed by atoms with E-state index in [0.29, 0.717) is 21.5 Å². The molecular weight excluding hydrogens is 445 g/mol. The van der Waals surface area contributed by atoms with E-state index in [1.807, 2.05) is 13.8 Å². The van der Waals surface area contributed by atoms with E-state index >= 15 is 0 Å². The van der Waals surface area contributed by atoms with Gasteiger partial charge in [0.1, 0.15) is 28.3 Å². The Bertz CT molecular complexity index is 1200. The summed E-state index contributed by atoms with van der Waals surface area (Å²) in [6.45, 7) is 3.68. The van der Waals surface area contributed by atoms with Gasteiger partial charge >= 0.3 is 0 Å². The summed E-state index contributed by atoms with van der Waals surface area (Å²) in [5, 5.41) is 6.82. The topological polar surface area (TPSA) is 88.7 Å². The van der Waals surface area contributed by atoms with Gasteiger partial charge in [-0.1, -0.05) is 0 Å². The van der Waals surface area contributed by atoms with Crippen molar-refractivity contribution in [3.8, 4) is 0 Å². The van der Waals surface area contributed by atoms with Crippen LogP contribution in [0.25, 0.3) is 5.65 Å². The number of nitrogens with zero attached hydrogens (tertiary/aromatic N) is 4. The Morgan fingerprint density at radius 2 is 1.97 bits per heavy atom. The minimum atomic E-state index is -0.419. The van der Waals surface area contributed by atoms with Gasteiger partial charge in [-0.2, -0.15) is 9.61 Å². The number of aromatic nitrogens is 3. The molecule has 0 unspecified atom stereocenters. The van der Waals surface area contributed by atoms with Crippen molar-refractivity contribution in [2.24, 2.45) is 0 Å². The first-order chi connectivity index (χ1) is 13.8. The predicted octanol–water partition coefficient (Wildman–Crippen LogP) is 2.40. The minimum Gasteiger partial charge on any atom is -0.330 e. The van der Waals surface area contributed by atoms with E-state index in [0.717, 1.165) is 0 Å². The summed E-state index contributed by atoms with van der Waals surface area (Å²) >= 11 is 3.24. The predicted molar refractivity (Wildman–Crippen MR) is 107 cm³/mol. The van der Waals surface area contributed by atoms with E-state index < -0.39 is 11.7 Å². The van der Waals surface area contributed by atoms with Crippen LogP contribution in [0.1, 0.15) is 29.9 Å². The molecule has 29 heavy (non-hydrogen) atoms. The second-order valence-corrected chi connectivity index (χ2v) is 7.85.